The summed E-state index contributed by atoms with van der Waals surface area (Å²) in [5.41, 5.74) is 5.21. The van der Waals surface area contributed by atoms with Crippen LogP contribution in [0.4, 0.5) is 0 Å². The standard InChI is InChI=1S/C7H12N2O3/c8-4-2-1-3-6(7(11)12)9-5-10/h6H,1-4,8H2,(H,11,12)/t6-/m0/s1. The van der Waals surface area contributed by atoms with E-state index in [1.165, 1.54) is 6.08 Å². The third kappa shape index (κ3) is 4.60. The largest absolute Gasteiger partial charge is 0.480 e. The molecule has 0 bridgehead atoms. The van der Waals surface area contributed by atoms with Gasteiger partial charge in [0.1, 0.15) is 0 Å². The highest BCUT2D eigenvalue weighted by Gasteiger charge is 2.14. The van der Waals surface area contributed by atoms with Crippen LogP contribution in [0.25, 0.3) is 0 Å². The number of unbranched alkanes of at least 4 members (excludes halogenated alkanes) is 1. The molecule has 0 unspecified atom stereocenters. The van der Waals surface area contributed by atoms with Crippen molar-refractivity contribution in [2.75, 3.05) is 6.54 Å². The maximum absolute atomic E-state index is 10.4. The predicted molar refractivity (Wildman–Crippen MR) is 42.5 cm³/mol. The number of carbonyl (C=O) groups excluding carboxylic acids is 1. The van der Waals surface area contributed by atoms with Crippen molar-refractivity contribution in [2.24, 2.45) is 10.7 Å². The maximum Gasteiger partial charge on any atom is 0.329 e. The Labute approximate surface area is 70.3 Å². The Morgan fingerprint density at radius 3 is 2.67 bits per heavy atom. The maximum atomic E-state index is 10.4. The average Bonchev–Trinajstić information content (AvgIpc) is 2.03. The first-order valence-corrected chi connectivity index (χ1v) is 3.72. The topological polar surface area (TPSA) is 92.8 Å². The number of carboxylic acids is 1. The Morgan fingerprint density at radius 1 is 1.58 bits per heavy atom. The Bertz CT molecular complexity index is 185. The second-order valence-electron chi connectivity index (χ2n) is 2.36. The quantitative estimate of drug-likeness (QED) is 0.332. The third-order valence-corrected chi connectivity index (χ3v) is 1.43. The second-order valence-corrected chi connectivity index (χ2v) is 2.36. The van der Waals surface area contributed by atoms with Gasteiger partial charge in [0.15, 0.2) is 6.04 Å². The van der Waals surface area contributed by atoms with Gasteiger partial charge >= 0.3 is 5.97 Å². The van der Waals surface area contributed by atoms with E-state index in [4.69, 9.17) is 10.8 Å². The van der Waals surface area contributed by atoms with Gasteiger partial charge in [0.05, 0.1) is 0 Å². The predicted octanol–water partition coefficient (Wildman–Crippen LogP) is -0.0956. The number of nitrogens with two attached hydrogens (primary N) is 1. The molecule has 0 aliphatic carbocycles. The van der Waals surface area contributed by atoms with E-state index in [1.54, 1.807) is 0 Å². The number of carboxylic acid groups (broad SMARTS) is 1. The lowest BCUT2D eigenvalue weighted by Gasteiger charge is -2.02. The van der Waals surface area contributed by atoms with Gasteiger partial charge in [-0.15, -0.1) is 0 Å². The fourth-order valence-corrected chi connectivity index (χ4v) is 0.789. The first-order chi connectivity index (χ1) is 5.72. The number of hydrogen-bond acceptors (Lipinski definition) is 4. The van der Waals surface area contributed by atoms with Gasteiger partial charge in [-0.2, -0.15) is 4.99 Å². The summed E-state index contributed by atoms with van der Waals surface area (Å²) in [6.07, 6.45) is 3.00. The lowest BCUT2D eigenvalue weighted by molar-refractivity contribution is -0.138. The van der Waals surface area contributed by atoms with Crippen LogP contribution in [0.3, 0.4) is 0 Å². The van der Waals surface area contributed by atoms with Gasteiger partial charge in [-0.05, 0) is 25.8 Å². The number of carbonyl (C=O) groups is 1. The van der Waals surface area contributed by atoms with Gasteiger partial charge in [-0.3, -0.25) is 0 Å². The molecule has 5 heteroatoms. The summed E-state index contributed by atoms with van der Waals surface area (Å²) in [6, 6.07) is -0.950. The van der Waals surface area contributed by atoms with Crippen LogP contribution in [-0.4, -0.2) is 29.7 Å². The first-order valence-electron chi connectivity index (χ1n) is 3.72. The molecule has 0 aromatic rings. The molecule has 0 saturated heterocycles. The van der Waals surface area contributed by atoms with Crippen LogP contribution in [0.2, 0.25) is 0 Å². The summed E-state index contributed by atoms with van der Waals surface area (Å²) in [7, 11) is 0. The highest BCUT2D eigenvalue weighted by molar-refractivity contribution is 5.74. The summed E-state index contributed by atoms with van der Waals surface area (Å²) < 4.78 is 0. The molecule has 0 fully saturated rings. The van der Waals surface area contributed by atoms with Crippen molar-refractivity contribution in [3.63, 3.8) is 0 Å². The van der Waals surface area contributed by atoms with Crippen molar-refractivity contribution in [1.82, 2.24) is 0 Å². The molecule has 0 aliphatic rings. The Kier molecular flexibility index (Phi) is 5.87. The molecule has 0 aromatic carbocycles. The van der Waals surface area contributed by atoms with E-state index in [0.29, 0.717) is 19.4 Å². The molecule has 0 rings (SSSR count). The molecule has 12 heavy (non-hydrogen) atoms. The molecule has 0 saturated carbocycles. The van der Waals surface area contributed by atoms with Crippen LogP contribution in [0.5, 0.6) is 0 Å². The van der Waals surface area contributed by atoms with E-state index in [-0.39, 0.29) is 0 Å². The summed E-state index contributed by atoms with van der Waals surface area (Å²) >= 11 is 0. The normalized spacial score (nSPS) is 11.8. The van der Waals surface area contributed by atoms with Gasteiger partial charge in [0, 0.05) is 0 Å². The SMILES string of the molecule is NCCCC[C@H](N=C=O)C(=O)O. The van der Waals surface area contributed by atoms with Crippen molar-refractivity contribution in [1.29, 1.82) is 0 Å². The lowest BCUT2D eigenvalue weighted by Crippen LogP contribution is -2.17. The molecule has 0 aromatic heterocycles. The molecule has 5 nitrogen and oxygen atoms in total. The zero-order valence-electron chi connectivity index (χ0n) is 6.69. The van der Waals surface area contributed by atoms with Crippen LogP contribution >= 0.6 is 0 Å². The van der Waals surface area contributed by atoms with Crippen LogP contribution in [0.15, 0.2) is 4.99 Å². The van der Waals surface area contributed by atoms with Gasteiger partial charge in [-0.25, -0.2) is 9.59 Å². The lowest BCUT2D eigenvalue weighted by atomic mass is 10.1. The highest BCUT2D eigenvalue weighted by Crippen LogP contribution is 2.03. The molecule has 0 radical (unpaired) electrons. The minimum Gasteiger partial charge on any atom is -0.480 e. The van der Waals surface area contributed by atoms with E-state index >= 15 is 0 Å². The van der Waals surface area contributed by atoms with E-state index in [1.807, 2.05) is 0 Å². The monoisotopic (exact) mass is 172 g/mol. The summed E-state index contributed by atoms with van der Waals surface area (Å²) in [5, 5.41) is 8.50. The smallest absolute Gasteiger partial charge is 0.329 e. The van der Waals surface area contributed by atoms with Crippen molar-refractivity contribution in [3.8, 4) is 0 Å². The minimum absolute atomic E-state index is 0.349. The molecule has 1 atom stereocenters. The number of hydrogen-bond donors (Lipinski definition) is 2. The van der Waals surface area contributed by atoms with Gasteiger partial charge in [-0.1, -0.05) is 0 Å². The van der Waals surface area contributed by atoms with Crippen LogP contribution in [-0.2, 0) is 9.59 Å². The molecule has 0 aliphatic heterocycles. The van der Waals surface area contributed by atoms with Crippen LogP contribution in [0, 0.1) is 0 Å². The van der Waals surface area contributed by atoms with Crippen molar-refractivity contribution < 1.29 is 14.7 Å². The van der Waals surface area contributed by atoms with Gasteiger partial charge in [0.2, 0.25) is 6.08 Å². The number of rotatable bonds is 6. The summed E-state index contributed by atoms with van der Waals surface area (Å²) in [6.45, 7) is 0.525. The van der Waals surface area contributed by atoms with E-state index in [2.05, 4.69) is 4.99 Å². The molecular formula is C7H12N2O3. The molecular weight excluding hydrogens is 160 g/mol. The molecule has 68 valence electrons. The van der Waals surface area contributed by atoms with E-state index in [0.717, 1.165) is 6.42 Å². The van der Waals surface area contributed by atoms with Crippen molar-refractivity contribution >= 4 is 12.0 Å². The van der Waals surface area contributed by atoms with Gasteiger partial charge in [0.25, 0.3) is 0 Å². The third-order valence-electron chi connectivity index (χ3n) is 1.43. The van der Waals surface area contributed by atoms with Crippen LogP contribution in [0.1, 0.15) is 19.3 Å². The number of aliphatic carboxylic acids is 1. The van der Waals surface area contributed by atoms with E-state index < -0.39 is 12.0 Å². The highest BCUT2D eigenvalue weighted by atomic mass is 16.4. The number of nitrogens with zero attached hydrogens (tertiary/aromatic N) is 1. The Balaban J connectivity index is 3.79. The average molecular weight is 172 g/mol. The fraction of sp³-hybridized carbons (Fsp3) is 0.714. The molecule has 0 spiro atoms. The van der Waals surface area contributed by atoms with Crippen molar-refractivity contribution in [2.45, 2.75) is 25.3 Å². The molecule has 0 amide bonds. The first kappa shape index (κ1) is 10.8. The van der Waals surface area contributed by atoms with Crippen molar-refractivity contribution in [3.05, 3.63) is 0 Å². The Hall–Kier alpha value is -1.19. The van der Waals surface area contributed by atoms with Crippen LogP contribution < -0.4 is 5.73 Å². The molecule has 3 N–H and O–H groups in total. The fourth-order valence-electron chi connectivity index (χ4n) is 0.789. The number of aliphatic imine (C=N–C) groups is 1. The molecule has 0 heterocycles. The number of isocyanates is 1. The zero-order valence-corrected chi connectivity index (χ0v) is 6.69. The minimum atomic E-state index is -1.09. The second kappa shape index (κ2) is 6.52. The summed E-state index contributed by atoms with van der Waals surface area (Å²) in [5.74, 6) is -1.09. The summed E-state index contributed by atoms with van der Waals surface area (Å²) in [4.78, 5) is 23.3. The Morgan fingerprint density at radius 2 is 2.25 bits per heavy atom. The van der Waals surface area contributed by atoms with Gasteiger partial charge < -0.3 is 10.8 Å². The zero-order chi connectivity index (χ0) is 9.40. The van der Waals surface area contributed by atoms with E-state index in [9.17, 15) is 9.59 Å².